The van der Waals surface area contributed by atoms with E-state index in [1.165, 1.54) is 0 Å². The van der Waals surface area contributed by atoms with Gasteiger partial charge in [-0.05, 0) is 38.8 Å². The predicted octanol–water partition coefficient (Wildman–Crippen LogP) is 1.89. The molecule has 2 rings (SSSR count). The number of nitrogens with zero attached hydrogens (tertiary/aromatic N) is 2. The SMILES string of the molecule is Cc1cnc(CN2C[C@@H](C)O[C@@H](C)C2)c(C)c1N. The third-order valence-electron chi connectivity index (χ3n) is 3.54. The number of aromatic nitrogens is 1. The van der Waals surface area contributed by atoms with Crippen LogP contribution in [-0.2, 0) is 11.3 Å². The lowest BCUT2D eigenvalue weighted by Gasteiger charge is -2.35. The van der Waals surface area contributed by atoms with Crippen molar-refractivity contribution < 1.29 is 4.74 Å². The lowest BCUT2D eigenvalue weighted by Crippen LogP contribution is -2.45. The highest BCUT2D eigenvalue weighted by Crippen LogP contribution is 2.20. The van der Waals surface area contributed by atoms with Crippen molar-refractivity contribution in [3.05, 3.63) is 23.0 Å². The number of pyridine rings is 1. The minimum absolute atomic E-state index is 0.289. The fourth-order valence-electron chi connectivity index (χ4n) is 2.58. The van der Waals surface area contributed by atoms with E-state index in [4.69, 9.17) is 10.5 Å². The standard InChI is InChI=1S/C14H23N3O/c1-9-5-16-13(12(4)14(9)15)8-17-6-10(2)18-11(3)7-17/h5,10-11H,6-8H2,1-4H3,(H2,15,16)/t10-,11+. The number of nitrogen functional groups attached to an aromatic ring is 1. The van der Waals surface area contributed by atoms with Crippen molar-refractivity contribution in [2.24, 2.45) is 0 Å². The van der Waals surface area contributed by atoms with Gasteiger partial charge in [0.25, 0.3) is 0 Å². The van der Waals surface area contributed by atoms with E-state index in [0.29, 0.717) is 0 Å². The van der Waals surface area contributed by atoms with Crippen LogP contribution in [0.25, 0.3) is 0 Å². The van der Waals surface area contributed by atoms with Gasteiger partial charge >= 0.3 is 0 Å². The van der Waals surface area contributed by atoms with E-state index in [-0.39, 0.29) is 12.2 Å². The van der Waals surface area contributed by atoms with E-state index >= 15 is 0 Å². The van der Waals surface area contributed by atoms with Gasteiger partial charge in [0.15, 0.2) is 0 Å². The molecule has 0 unspecified atom stereocenters. The molecule has 1 aromatic heterocycles. The Kier molecular flexibility index (Phi) is 3.88. The smallest absolute Gasteiger partial charge is 0.0678 e. The molecule has 0 spiro atoms. The van der Waals surface area contributed by atoms with Gasteiger partial charge in [0, 0.05) is 31.5 Å². The van der Waals surface area contributed by atoms with Crippen LogP contribution in [0, 0.1) is 13.8 Å². The van der Waals surface area contributed by atoms with E-state index in [1.54, 1.807) is 0 Å². The van der Waals surface area contributed by atoms with Crippen molar-refractivity contribution in [3.8, 4) is 0 Å². The highest BCUT2D eigenvalue weighted by atomic mass is 16.5. The van der Waals surface area contributed by atoms with Crippen LogP contribution in [0.3, 0.4) is 0 Å². The number of anilines is 1. The topological polar surface area (TPSA) is 51.4 Å². The summed E-state index contributed by atoms with van der Waals surface area (Å²) < 4.78 is 5.74. The molecule has 0 amide bonds. The molecule has 18 heavy (non-hydrogen) atoms. The fourth-order valence-corrected chi connectivity index (χ4v) is 2.58. The van der Waals surface area contributed by atoms with Crippen LogP contribution < -0.4 is 5.73 Å². The monoisotopic (exact) mass is 249 g/mol. The van der Waals surface area contributed by atoms with Crippen LogP contribution in [0.2, 0.25) is 0 Å². The number of morpholine rings is 1. The molecule has 2 heterocycles. The summed E-state index contributed by atoms with van der Waals surface area (Å²) in [5, 5.41) is 0. The second kappa shape index (κ2) is 5.24. The maximum atomic E-state index is 6.06. The summed E-state index contributed by atoms with van der Waals surface area (Å²) in [7, 11) is 0. The number of hydrogen-bond donors (Lipinski definition) is 1. The van der Waals surface area contributed by atoms with Gasteiger partial charge in [-0.1, -0.05) is 0 Å². The molecule has 0 bridgehead atoms. The normalized spacial score (nSPS) is 25.3. The summed E-state index contributed by atoms with van der Waals surface area (Å²) in [6.07, 6.45) is 2.44. The number of hydrogen-bond acceptors (Lipinski definition) is 4. The number of ether oxygens (including phenoxy) is 1. The first kappa shape index (κ1) is 13.3. The maximum absolute atomic E-state index is 6.06. The molecule has 0 radical (unpaired) electrons. The molecule has 1 fully saturated rings. The molecular formula is C14H23N3O. The highest BCUT2D eigenvalue weighted by Gasteiger charge is 2.23. The summed E-state index contributed by atoms with van der Waals surface area (Å²) in [6.45, 7) is 11.1. The average molecular weight is 249 g/mol. The van der Waals surface area contributed by atoms with Crippen LogP contribution in [-0.4, -0.2) is 35.2 Å². The predicted molar refractivity (Wildman–Crippen MR) is 73.4 cm³/mol. The lowest BCUT2D eigenvalue weighted by atomic mass is 10.1. The maximum Gasteiger partial charge on any atom is 0.0678 e. The van der Waals surface area contributed by atoms with Gasteiger partial charge < -0.3 is 10.5 Å². The molecule has 1 saturated heterocycles. The molecule has 1 aromatic rings. The number of nitrogens with two attached hydrogens (primary N) is 1. The first-order valence-electron chi connectivity index (χ1n) is 6.55. The zero-order chi connectivity index (χ0) is 13.3. The Hall–Kier alpha value is -1.13. The van der Waals surface area contributed by atoms with Crippen molar-refractivity contribution in [3.63, 3.8) is 0 Å². The summed E-state index contributed by atoms with van der Waals surface area (Å²) in [5.74, 6) is 0. The molecule has 1 aliphatic rings. The Morgan fingerprint density at radius 2 is 1.94 bits per heavy atom. The third kappa shape index (κ3) is 2.82. The van der Waals surface area contributed by atoms with Gasteiger partial charge in [0.05, 0.1) is 17.9 Å². The van der Waals surface area contributed by atoms with Crippen molar-refractivity contribution in [2.75, 3.05) is 18.8 Å². The summed E-state index contributed by atoms with van der Waals surface area (Å²) in [6, 6.07) is 0. The van der Waals surface area contributed by atoms with Gasteiger partial charge in [-0.3, -0.25) is 9.88 Å². The summed E-state index contributed by atoms with van der Waals surface area (Å²) in [4.78, 5) is 6.91. The highest BCUT2D eigenvalue weighted by molar-refractivity contribution is 5.53. The minimum atomic E-state index is 0.289. The van der Waals surface area contributed by atoms with Crippen LogP contribution in [0.5, 0.6) is 0 Å². The van der Waals surface area contributed by atoms with Crippen molar-refractivity contribution in [1.29, 1.82) is 0 Å². The van der Waals surface area contributed by atoms with Crippen molar-refractivity contribution >= 4 is 5.69 Å². The largest absolute Gasteiger partial charge is 0.398 e. The Bertz CT molecular complexity index is 423. The molecule has 100 valence electrons. The Labute approximate surface area is 109 Å². The first-order valence-corrected chi connectivity index (χ1v) is 6.55. The molecule has 2 atom stereocenters. The van der Waals surface area contributed by atoms with Gasteiger partial charge in [-0.2, -0.15) is 0 Å². The van der Waals surface area contributed by atoms with E-state index in [9.17, 15) is 0 Å². The zero-order valence-electron chi connectivity index (χ0n) is 11.7. The van der Waals surface area contributed by atoms with Gasteiger partial charge in [0.2, 0.25) is 0 Å². The molecule has 1 aliphatic heterocycles. The van der Waals surface area contributed by atoms with Gasteiger partial charge in [0.1, 0.15) is 0 Å². The van der Waals surface area contributed by atoms with Crippen LogP contribution >= 0.6 is 0 Å². The number of aryl methyl sites for hydroxylation is 1. The first-order chi connectivity index (χ1) is 8.47. The average Bonchev–Trinajstić information content (AvgIpc) is 2.29. The lowest BCUT2D eigenvalue weighted by molar-refractivity contribution is -0.0708. The second-order valence-electron chi connectivity index (χ2n) is 5.38. The summed E-state index contributed by atoms with van der Waals surface area (Å²) in [5.41, 5.74) is 10.2. The second-order valence-corrected chi connectivity index (χ2v) is 5.38. The zero-order valence-corrected chi connectivity index (χ0v) is 11.7. The molecule has 0 saturated carbocycles. The molecular weight excluding hydrogens is 226 g/mol. The molecule has 0 aromatic carbocycles. The van der Waals surface area contributed by atoms with E-state index < -0.39 is 0 Å². The Balaban J connectivity index is 2.12. The van der Waals surface area contributed by atoms with E-state index in [1.807, 2.05) is 13.1 Å². The van der Waals surface area contributed by atoms with Gasteiger partial charge in [-0.25, -0.2) is 0 Å². The van der Waals surface area contributed by atoms with E-state index in [2.05, 4.69) is 30.7 Å². The van der Waals surface area contributed by atoms with Crippen LogP contribution in [0.1, 0.15) is 30.7 Å². The Morgan fingerprint density at radius 3 is 2.56 bits per heavy atom. The van der Waals surface area contributed by atoms with Crippen molar-refractivity contribution in [1.82, 2.24) is 9.88 Å². The molecule has 0 aliphatic carbocycles. The third-order valence-corrected chi connectivity index (χ3v) is 3.54. The van der Waals surface area contributed by atoms with E-state index in [0.717, 1.165) is 42.1 Å². The molecule has 4 heteroatoms. The van der Waals surface area contributed by atoms with Crippen LogP contribution in [0.4, 0.5) is 5.69 Å². The number of rotatable bonds is 2. The van der Waals surface area contributed by atoms with Crippen molar-refractivity contribution in [2.45, 2.75) is 46.4 Å². The van der Waals surface area contributed by atoms with Crippen LogP contribution in [0.15, 0.2) is 6.20 Å². The summed E-state index contributed by atoms with van der Waals surface area (Å²) >= 11 is 0. The van der Waals surface area contributed by atoms with Gasteiger partial charge in [-0.15, -0.1) is 0 Å². The minimum Gasteiger partial charge on any atom is -0.398 e. The molecule has 2 N–H and O–H groups in total. The Morgan fingerprint density at radius 1 is 1.33 bits per heavy atom. The fraction of sp³-hybridized carbons (Fsp3) is 0.643. The molecule has 4 nitrogen and oxygen atoms in total. The quantitative estimate of drug-likeness (QED) is 0.869.